The molecule has 0 spiro atoms. The van der Waals surface area contributed by atoms with Crippen LogP contribution in [0.5, 0.6) is 0 Å². The van der Waals surface area contributed by atoms with Crippen molar-refractivity contribution in [2.75, 3.05) is 0 Å². The lowest BCUT2D eigenvalue weighted by Gasteiger charge is -2.33. The van der Waals surface area contributed by atoms with Crippen molar-refractivity contribution in [3.63, 3.8) is 0 Å². The van der Waals surface area contributed by atoms with Crippen LogP contribution in [-0.2, 0) is 6.42 Å². The third kappa shape index (κ3) is 8.32. The maximum atomic E-state index is 11.6. The summed E-state index contributed by atoms with van der Waals surface area (Å²) in [6, 6.07) is 34.3. The number of nitrogens with zero attached hydrogens (tertiary/aromatic N) is 3. The van der Waals surface area contributed by atoms with Crippen molar-refractivity contribution in [1.82, 2.24) is 4.57 Å². The molecule has 8 rings (SSSR count). The van der Waals surface area contributed by atoms with Crippen LogP contribution in [0, 0.1) is 11.3 Å². The molecule has 0 saturated carbocycles. The summed E-state index contributed by atoms with van der Waals surface area (Å²) in [4.78, 5) is 0. The third-order valence-electron chi connectivity index (χ3n) is 13.9. The number of imidazole rings is 1. The van der Waals surface area contributed by atoms with Gasteiger partial charge in [-0.25, -0.2) is 0 Å². The molecule has 2 aliphatic rings. The van der Waals surface area contributed by atoms with Gasteiger partial charge in [0.25, 0.3) is 5.82 Å². The van der Waals surface area contributed by atoms with Gasteiger partial charge in [0.2, 0.25) is 5.69 Å². The highest BCUT2D eigenvalue weighted by atomic mass is 28.3. The molecule has 6 aromatic rings. The predicted molar refractivity (Wildman–Crippen MR) is 269 cm³/mol. The van der Waals surface area contributed by atoms with Crippen molar-refractivity contribution in [1.29, 1.82) is 5.41 Å². The van der Waals surface area contributed by atoms with Crippen LogP contribution >= 0.6 is 0 Å². The second-order valence-corrected chi connectivity index (χ2v) is 25.2. The minimum Gasteiger partial charge on any atom is -0.512 e. The number of hydrogen-bond donors (Lipinski definition) is 2. The van der Waals surface area contributed by atoms with Crippen molar-refractivity contribution < 1.29 is 14.2 Å². The molecule has 4 aromatic carbocycles. The lowest BCUT2D eigenvalue weighted by molar-refractivity contribution is -0.719. The first-order valence-electron chi connectivity index (χ1n) is 23.8. The summed E-state index contributed by atoms with van der Waals surface area (Å²) in [5.41, 5.74) is 16.6. The number of hydrogen-bond acceptors (Lipinski definition) is 2. The Balaban J connectivity index is 1.36. The summed E-state index contributed by atoms with van der Waals surface area (Å²) in [5, 5.41) is 20.8. The molecule has 63 heavy (non-hydrogen) atoms. The quantitative estimate of drug-likeness (QED) is 0.0329. The summed E-state index contributed by atoms with van der Waals surface area (Å²) in [7, 11) is -1.75. The Kier molecular flexibility index (Phi) is 12.7. The van der Waals surface area contributed by atoms with Gasteiger partial charge >= 0.3 is 0 Å². The molecular formula is C57H70N4OSi+2. The number of benzene rings is 4. The van der Waals surface area contributed by atoms with Gasteiger partial charge < -0.3 is 10.5 Å². The number of nitrogens with one attached hydrogen (secondary N) is 1. The molecule has 2 aromatic heterocycles. The molecule has 0 bridgehead atoms. The van der Waals surface area contributed by atoms with E-state index in [0.29, 0.717) is 18.1 Å². The van der Waals surface area contributed by atoms with E-state index >= 15 is 0 Å². The molecule has 4 heterocycles. The zero-order chi connectivity index (χ0) is 44.7. The Labute approximate surface area is 378 Å². The molecule has 2 N–H and O–H groups in total. The van der Waals surface area contributed by atoms with Crippen LogP contribution in [0.4, 0.5) is 0 Å². The SMILES string of the molecule is C=C(CC1C(CCCCCC=N)c2ccccc2-c2cc(CC(C)C)c([Si](C)(C)C)c[n+]21)[n+]1c(/C=C(\O)CC)n2c3c(cccc31)C(C)c1cc(-c3ccccc3)cc(C(C)C)c1-2. The molecule has 2 aliphatic heterocycles. The number of rotatable bonds is 16. The minimum absolute atomic E-state index is 0.134. The summed E-state index contributed by atoms with van der Waals surface area (Å²) in [5.74, 6) is 2.59. The van der Waals surface area contributed by atoms with Crippen LogP contribution in [0.1, 0.15) is 144 Å². The number of aliphatic hydroxyl groups excluding tert-OH is 1. The number of unbranched alkanes of at least 4 members (excludes halogenated alkanes) is 3. The highest BCUT2D eigenvalue weighted by Crippen LogP contribution is 2.47. The predicted octanol–water partition coefficient (Wildman–Crippen LogP) is 14.0. The summed E-state index contributed by atoms with van der Waals surface area (Å²) >= 11 is 0. The first-order valence-corrected chi connectivity index (χ1v) is 27.3. The number of aliphatic hydroxyl groups is 1. The number of aromatic nitrogens is 3. The Morgan fingerprint density at radius 1 is 0.873 bits per heavy atom. The van der Waals surface area contributed by atoms with E-state index in [-0.39, 0.29) is 23.8 Å². The third-order valence-corrected chi connectivity index (χ3v) is 16.0. The molecule has 0 aliphatic carbocycles. The largest absolute Gasteiger partial charge is 0.512 e. The van der Waals surface area contributed by atoms with Gasteiger partial charge in [0, 0.05) is 51.8 Å². The molecule has 0 fully saturated rings. The second kappa shape index (κ2) is 18.0. The van der Waals surface area contributed by atoms with E-state index in [1.807, 2.05) is 13.0 Å². The van der Waals surface area contributed by atoms with E-state index in [1.165, 1.54) is 61.4 Å². The molecule has 326 valence electrons. The first-order chi connectivity index (χ1) is 30.2. The maximum Gasteiger partial charge on any atom is 0.296 e. The fourth-order valence-corrected chi connectivity index (χ4v) is 12.5. The van der Waals surface area contributed by atoms with Crippen LogP contribution in [0.3, 0.4) is 0 Å². The highest BCUT2D eigenvalue weighted by molar-refractivity contribution is 6.89. The Hall–Kier alpha value is -5.33. The molecule has 0 saturated heterocycles. The van der Waals surface area contributed by atoms with E-state index in [0.717, 1.165) is 62.0 Å². The van der Waals surface area contributed by atoms with Gasteiger partial charge in [-0.05, 0) is 90.3 Å². The highest BCUT2D eigenvalue weighted by Gasteiger charge is 2.44. The summed E-state index contributed by atoms with van der Waals surface area (Å²) in [6.45, 7) is 26.3. The van der Waals surface area contributed by atoms with Crippen LogP contribution in [0.25, 0.3) is 50.9 Å². The van der Waals surface area contributed by atoms with Crippen molar-refractivity contribution in [3.05, 3.63) is 143 Å². The monoisotopic (exact) mass is 855 g/mol. The van der Waals surface area contributed by atoms with Crippen molar-refractivity contribution in [3.8, 4) is 28.1 Å². The van der Waals surface area contributed by atoms with Crippen LogP contribution in [0.2, 0.25) is 19.6 Å². The number of allylic oxidation sites excluding steroid dienone is 2. The fraction of sp³-hybridized carbons (Fsp3) is 0.386. The van der Waals surface area contributed by atoms with Crippen molar-refractivity contribution >= 4 is 42.3 Å². The van der Waals surface area contributed by atoms with E-state index in [1.54, 1.807) is 11.4 Å². The average molecular weight is 855 g/mol. The second-order valence-electron chi connectivity index (χ2n) is 20.2. The van der Waals surface area contributed by atoms with Crippen molar-refractivity contribution in [2.24, 2.45) is 5.92 Å². The molecular weight excluding hydrogens is 785 g/mol. The lowest BCUT2D eigenvalue weighted by atomic mass is 9.78. The van der Waals surface area contributed by atoms with Gasteiger partial charge in [-0.1, -0.05) is 141 Å². The van der Waals surface area contributed by atoms with E-state index in [4.69, 9.17) is 12.0 Å². The Morgan fingerprint density at radius 2 is 1.60 bits per heavy atom. The molecule has 3 unspecified atom stereocenters. The molecule has 0 amide bonds. The summed E-state index contributed by atoms with van der Waals surface area (Å²) < 4.78 is 7.55. The number of pyridine rings is 1. The Bertz CT molecular complexity index is 2710. The summed E-state index contributed by atoms with van der Waals surface area (Å²) in [6.07, 6.45) is 13.7. The smallest absolute Gasteiger partial charge is 0.296 e. The molecule has 5 nitrogen and oxygen atoms in total. The van der Waals surface area contributed by atoms with Crippen LogP contribution in [-0.4, -0.2) is 24.0 Å². The first kappa shape index (κ1) is 44.3. The normalized spacial score (nSPS) is 16.9. The van der Waals surface area contributed by atoms with Crippen molar-refractivity contribution in [2.45, 2.75) is 136 Å². The van der Waals surface area contributed by atoms with E-state index < -0.39 is 8.07 Å². The van der Waals surface area contributed by atoms with Crippen LogP contribution < -0.4 is 14.3 Å². The van der Waals surface area contributed by atoms with E-state index in [9.17, 15) is 5.11 Å². The minimum atomic E-state index is -1.75. The zero-order valence-electron chi connectivity index (χ0n) is 39.4. The van der Waals surface area contributed by atoms with Gasteiger partial charge in [0.05, 0.1) is 20.6 Å². The van der Waals surface area contributed by atoms with E-state index in [2.05, 4.69) is 165 Å². The van der Waals surface area contributed by atoms with Gasteiger partial charge in [-0.3, -0.25) is 0 Å². The molecule has 3 atom stereocenters. The van der Waals surface area contributed by atoms with Gasteiger partial charge in [0.15, 0.2) is 23.3 Å². The standard InChI is InChI=1S/C57H69N4OSi/c1-11-44(62)35-55-60(51-28-21-27-45-40(7)50-33-42(41-22-15-14-16-23-41)32-49(38(4)5)56(50)61(55)57(45)51)39(6)31-52-47(25-17-12-13-20-29-58)46-24-18-19-26-48(46)53-34-43(30-37(2)3)54(36-59(52)53)63(8,9)10/h14-16,18-19,21-24,26-29,32-38,40,47,52,58H,6,11-13,17,20,25,30-31H2,1-5,7-10H3/q+1/p+1. The topological polar surface area (TPSA) is 56.8 Å². The molecule has 0 radical (unpaired) electrons. The average Bonchev–Trinajstić information content (AvgIpc) is 3.59. The zero-order valence-corrected chi connectivity index (χ0v) is 40.4. The maximum absolute atomic E-state index is 11.6. The fourth-order valence-electron chi connectivity index (χ4n) is 10.8. The van der Waals surface area contributed by atoms with Gasteiger partial charge in [-0.15, -0.1) is 0 Å². The number of fused-ring (bicyclic) bond motifs is 5. The van der Waals surface area contributed by atoms with Gasteiger partial charge in [-0.2, -0.15) is 13.7 Å². The number of para-hydroxylation sites is 1. The van der Waals surface area contributed by atoms with Gasteiger partial charge in [0.1, 0.15) is 17.1 Å². The lowest BCUT2D eigenvalue weighted by Crippen LogP contribution is -2.54. The van der Waals surface area contributed by atoms with Crippen LogP contribution in [0.15, 0.2) is 110 Å². The molecule has 6 heteroatoms. The Morgan fingerprint density at radius 3 is 2.30 bits per heavy atom.